The Hall–Kier alpha value is -1.82. The topological polar surface area (TPSA) is 54.5 Å². The van der Waals surface area contributed by atoms with E-state index in [-0.39, 0.29) is 12.1 Å². The zero-order valence-electron chi connectivity index (χ0n) is 14.5. The monoisotopic (exact) mass is 347 g/mol. The molecule has 24 heavy (non-hydrogen) atoms. The Balaban J connectivity index is 1.64. The number of likely N-dealkylation sites (tertiary alicyclic amines) is 1. The molecule has 0 spiro atoms. The molecule has 0 saturated carbocycles. The largest absolute Gasteiger partial charge is 0.444 e. The lowest BCUT2D eigenvalue weighted by Gasteiger charge is -2.36. The van der Waals surface area contributed by atoms with Crippen LogP contribution in [0, 0.1) is 0 Å². The number of benzene rings is 1. The summed E-state index contributed by atoms with van der Waals surface area (Å²) in [6.07, 6.45) is 2.97. The number of hydrogen-bond donors (Lipinski definition) is 1. The van der Waals surface area contributed by atoms with E-state index in [0.29, 0.717) is 6.54 Å². The number of fused-ring (bicyclic) bond motifs is 1. The fourth-order valence-corrected chi connectivity index (χ4v) is 3.80. The highest BCUT2D eigenvalue weighted by atomic mass is 32.1. The smallest absolute Gasteiger partial charge is 0.410 e. The van der Waals surface area contributed by atoms with Crippen LogP contribution in [-0.2, 0) is 4.74 Å². The van der Waals surface area contributed by atoms with Gasteiger partial charge in [0.1, 0.15) is 5.60 Å². The number of para-hydroxylation sites is 1. The van der Waals surface area contributed by atoms with Gasteiger partial charge in [-0.3, -0.25) is 0 Å². The number of anilines is 1. The predicted molar refractivity (Wildman–Crippen MR) is 98.7 cm³/mol. The van der Waals surface area contributed by atoms with Gasteiger partial charge < -0.3 is 15.0 Å². The first kappa shape index (κ1) is 17.0. The van der Waals surface area contributed by atoms with E-state index in [1.165, 1.54) is 4.70 Å². The van der Waals surface area contributed by atoms with Crippen LogP contribution in [0.3, 0.4) is 0 Å². The summed E-state index contributed by atoms with van der Waals surface area (Å²) in [5.41, 5.74) is 0.553. The van der Waals surface area contributed by atoms with Crippen LogP contribution in [-0.4, -0.2) is 40.7 Å². The van der Waals surface area contributed by atoms with Crippen LogP contribution < -0.4 is 5.32 Å². The number of carbonyl (C=O) groups is 1. The summed E-state index contributed by atoms with van der Waals surface area (Å²) < 4.78 is 6.73. The molecule has 1 amide bonds. The first-order valence-corrected chi connectivity index (χ1v) is 9.33. The molecule has 1 aromatic carbocycles. The van der Waals surface area contributed by atoms with Crippen LogP contribution in [0.1, 0.15) is 40.0 Å². The van der Waals surface area contributed by atoms with Crippen molar-refractivity contribution in [2.45, 2.75) is 51.7 Å². The molecule has 1 aliphatic rings. The van der Waals surface area contributed by atoms with E-state index in [1.807, 2.05) is 43.9 Å². The third kappa shape index (κ3) is 4.17. The lowest BCUT2D eigenvalue weighted by Crippen LogP contribution is -2.48. The van der Waals surface area contributed by atoms with Crippen molar-refractivity contribution in [1.29, 1.82) is 0 Å². The minimum atomic E-state index is -0.459. The number of thiazole rings is 1. The highest BCUT2D eigenvalue weighted by molar-refractivity contribution is 7.22. The number of nitrogens with zero attached hydrogens (tertiary/aromatic N) is 2. The van der Waals surface area contributed by atoms with Gasteiger partial charge in [0, 0.05) is 13.1 Å². The SMILES string of the molecule is CC(C)(C)OC(=O)N1CCCC[C@@H]1CNc1nc2ccccc2s1. The van der Waals surface area contributed by atoms with Crippen LogP contribution in [0.2, 0.25) is 0 Å². The van der Waals surface area contributed by atoms with Crippen LogP contribution in [0.15, 0.2) is 24.3 Å². The van der Waals surface area contributed by atoms with E-state index in [9.17, 15) is 4.79 Å². The molecule has 0 aliphatic carbocycles. The molecular weight excluding hydrogens is 322 g/mol. The molecule has 1 atom stereocenters. The summed E-state index contributed by atoms with van der Waals surface area (Å²) in [7, 11) is 0. The maximum absolute atomic E-state index is 12.4. The molecule has 1 aliphatic heterocycles. The van der Waals surface area contributed by atoms with Gasteiger partial charge in [-0.1, -0.05) is 23.5 Å². The fourth-order valence-electron chi connectivity index (χ4n) is 2.93. The summed E-state index contributed by atoms with van der Waals surface area (Å²) in [6, 6.07) is 8.27. The number of ether oxygens (including phenoxy) is 1. The van der Waals surface area contributed by atoms with E-state index in [1.54, 1.807) is 11.3 Å². The molecule has 2 heterocycles. The quantitative estimate of drug-likeness (QED) is 0.888. The van der Waals surface area contributed by atoms with Crippen molar-refractivity contribution in [1.82, 2.24) is 9.88 Å². The summed E-state index contributed by atoms with van der Waals surface area (Å²) in [6.45, 7) is 7.19. The molecule has 6 heteroatoms. The van der Waals surface area contributed by atoms with Gasteiger partial charge in [0.2, 0.25) is 0 Å². The van der Waals surface area contributed by atoms with Gasteiger partial charge in [0.05, 0.1) is 16.3 Å². The number of aromatic nitrogens is 1. The van der Waals surface area contributed by atoms with E-state index >= 15 is 0 Å². The van der Waals surface area contributed by atoms with E-state index in [0.717, 1.165) is 36.5 Å². The summed E-state index contributed by atoms with van der Waals surface area (Å²) in [5.74, 6) is 0. The molecule has 2 aromatic rings. The van der Waals surface area contributed by atoms with Gasteiger partial charge in [0.15, 0.2) is 5.13 Å². The molecule has 0 unspecified atom stereocenters. The van der Waals surface area contributed by atoms with Gasteiger partial charge in [-0.2, -0.15) is 0 Å². The molecule has 3 rings (SSSR count). The van der Waals surface area contributed by atoms with Crippen molar-refractivity contribution in [3.63, 3.8) is 0 Å². The van der Waals surface area contributed by atoms with Crippen molar-refractivity contribution in [2.75, 3.05) is 18.4 Å². The zero-order chi connectivity index (χ0) is 17.2. The molecule has 1 fully saturated rings. The van der Waals surface area contributed by atoms with Gasteiger partial charge in [-0.05, 0) is 52.2 Å². The minimum absolute atomic E-state index is 0.153. The van der Waals surface area contributed by atoms with E-state index in [2.05, 4.69) is 16.4 Å². The highest BCUT2D eigenvalue weighted by Crippen LogP contribution is 2.26. The molecular formula is C18H25N3O2S. The fraction of sp³-hybridized carbons (Fsp3) is 0.556. The summed E-state index contributed by atoms with van der Waals surface area (Å²) in [4.78, 5) is 18.9. The lowest BCUT2D eigenvalue weighted by molar-refractivity contribution is 0.0114. The first-order valence-electron chi connectivity index (χ1n) is 8.51. The van der Waals surface area contributed by atoms with Gasteiger partial charge in [0.25, 0.3) is 0 Å². The zero-order valence-corrected chi connectivity index (χ0v) is 15.4. The Labute approximate surface area is 147 Å². The number of rotatable bonds is 3. The van der Waals surface area contributed by atoms with Crippen molar-refractivity contribution in [3.8, 4) is 0 Å². The number of piperidine rings is 1. The molecule has 5 nitrogen and oxygen atoms in total. The normalized spacial score (nSPS) is 18.6. The van der Waals surface area contributed by atoms with E-state index < -0.39 is 5.60 Å². The highest BCUT2D eigenvalue weighted by Gasteiger charge is 2.30. The standard InChI is InChI=1S/C18H25N3O2S/c1-18(2,3)23-17(22)21-11-7-6-8-13(21)12-19-16-20-14-9-4-5-10-15(14)24-16/h4-5,9-10,13H,6-8,11-12H2,1-3H3,(H,19,20)/t13-/m1/s1. The number of hydrogen-bond acceptors (Lipinski definition) is 5. The molecule has 0 radical (unpaired) electrons. The van der Waals surface area contributed by atoms with Gasteiger partial charge in [-0.15, -0.1) is 0 Å². The second kappa shape index (κ2) is 6.97. The van der Waals surface area contributed by atoms with Crippen LogP contribution in [0.5, 0.6) is 0 Å². The van der Waals surface area contributed by atoms with Crippen molar-refractivity contribution >= 4 is 32.8 Å². The van der Waals surface area contributed by atoms with Gasteiger partial charge >= 0.3 is 6.09 Å². The number of carbonyl (C=O) groups excluding carboxylic acids is 1. The van der Waals surface area contributed by atoms with Crippen LogP contribution >= 0.6 is 11.3 Å². The van der Waals surface area contributed by atoms with Crippen LogP contribution in [0.4, 0.5) is 9.93 Å². The Morgan fingerprint density at radius 1 is 1.38 bits per heavy atom. The molecule has 1 N–H and O–H groups in total. The van der Waals surface area contributed by atoms with Crippen molar-refractivity contribution in [3.05, 3.63) is 24.3 Å². The Morgan fingerprint density at radius 3 is 2.92 bits per heavy atom. The lowest BCUT2D eigenvalue weighted by atomic mass is 10.0. The third-order valence-electron chi connectivity index (χ3n) is 4.04. The Bertz CT molecular complexity index is 675. The van der Waals surface area contributed by atoms with Gasteiger partial charge in [-0.25, -0.2) is 9.78 Å². The van der Waals surface area contributed by atoms with E-state index in [4.69, 9.17) is 4.74 Å². The number of nitrogens with one attached hydrogen (secondary N) is 1. The molecule has 1 saturated heterocycles. The molecule has 1 aromatic heterocycles. The Morgan fingerprint density at radius 2 is 2.17 bits per heavy atom. The van der Waals surface area contributed by atoms with Crippen molar-refractivity contribution < 1.29 is 9.53 Å². The summed E-state index contributed by atoms with van der Waals surface area (Å²) in [5, 5.41) is 4.32. The second-order valence-electron chi connectivity index (χ2n) is 7.19. The van der Waals surface area contributed by atoms with Crippen molar-refractivity contribution in [2.24, 2.45) is 0 Å². The van der Waals surface area contributed by atoms with Crippen LogP contribution in [0.25, 0.3) is 10.2 Å². The first-order chi connectivity index (χ1) is 11.4. The minimum Gasteiger partial charge on any atom is -0.444 e. The average Bonchev–Trinajstić information content (AvgIpc) is 2.94. The maximum Gasteiger partial charge on any atom is 0.410 e. The maximum atomic E-state index is 12.4. The second-order valence-corrected chi connectivity index (χ2v) is 8.22. The average molecular weight is 347 g/mol. The summed E-state index contributed by atoms with van der Waals surface area (Å²) >= 11 is 1.65. The molecule has 0 bridgehead atoms. The Kier molecular flexibility index (Phi) is 4.94. The third-order valence-corrected chi connectivity index (χ3v) is 5.03. The predicted octanol–water partition coefficient (Wildman–Crippen LogP) is 4.50. The molecule has 130 valence electrons. The number of amides is 1.